The van der Waals surface area contributed by atoms with E-state index < -0.39 is 0 Å². The number of nitrogens with two attached hydrogens (primary N) is 1. The maximum atomic E-state index is 13.0. The van der Waals surface area contributed by atoms with Crippen LogP contribution in [-0.4, -0.2) is 24.0 Å². The zero-order valence-corrected chi connectivity index (χ0v) is 12.5. The number of anilines is 2. The minimum atomic E-state index is -0.277. The molecule has 0 radical (unpaired) electrons. The number of amides is 1. The number of halogens is 1. The minimum absolute atomic E-state index is 0.221. The van der Waals surface area contributed by atoms with Crippen LogP contribution in [0.5, 0.6) is 0 Å². The molecule has 1 amide bonds. The Morgan fingerprint density at radius 3 is 3.00 bits per heavy atom. The molecule has 0 saturated carbocycles. The molecule has 1 aromatic heterocycles. The van der Waals surface area contributed by atoms with E-state index in [1.165, 1.54) is 23.5 Å². The highest BCUT2D eigenvalue weighted by molar-refractivity contribution is 7.18. The smallest absolute Gasteiger partial charge is 0.265 e. The molecule has 0 bridgehead atoms. The number of nitrogen functional groups attached to an aromatic ring is 1. The van der Waals surface area contributed by atoms with Crippen molar-refractivity contribution in [3.05, 3.63) is 40.5 Å². The first-order chi connectivity index (χ1) is 10.1. The number of nitrogens with zero attached hydrogens (tertiary/aromatic N) is 1. The van der Waals surface area contributed by atoms with E-state index in [9.17, 15) is 9.18 Å². The quantitative estimate of drug-likeness (QED) is 0.765. The van der Waals surface area contributed by atoms with Gasteiger partial charge in [-0.05, 0) is 31.0 Å². The summed E-state index contributed by atoms with van der Waals surface area (Å²) in [7, 11) is 0. The second kappa shape index (κ2) is 7.03. The Morgan fingerprint density at radius 2 is 2.29 bits per heavy atom. The monoisotopic (exact) mass is 308 g/mol. The molecule has 112 valence electrons. The highest BCUT2D eigenvalue weighted by Crippen LogP contribution is 2.24. The topological polar surface area (TPSA) is 80.0 Å². The van der Waals surface area contributed by atoms with Gasteiger partial charge in [0.2, 0.25) is 0 Å². The maximum Gasteiger partial charge on any atom is 0.265 e. The Hall–Kier alpha value is -2.15. The summed E-state index contributed by atoms with van der Waals surface area (Å²) in [6, 6.07) is 6.31. The number of thiazole rings is 1. The number of hydrogen-bond donors (Lipinski definition) is 3. The van der Waals surface area contributed by atoms with Crippen LogP contribution in [0.15, 0.2) is 24.3 Å². The van der Waals surface area contributed by atoms with Crippen molar-refractivity contribution in [2.75, 3.05) is 24.1 Å². The largest absolute Gasteiger partial charge is 0.382 e. The van der Waals surface area contributed by atoms with Gasteiger partial charge in [0, 0.05) is 13.1 Å². The van der Waals surface area contributed by atoms with Gasteiger partial charge >= 0.3 is 0 Å². The number of carbonyl (C=O) groups excluding carboxylic acids is 1. The second-order valence-corrected chi connectivity index (χ2v) is 5.40. The summed E-state index contributed by atoms with van der Waals surface area (Å²) in [5.74, 6) is -0.314. The number of rotatable bonds is 6. The molecule has 0 aliphatic rings. The average Bonchev–Trinajstić information content (AvgIpc) is 2.80. The van der Waals surface area contributed by atoms with Gasteiger partial charge in [-0.1, -0.05) is 23.5 Å². The van der Waals surface area contributed by atoms with Gasteiger partial charge in [-0.2, -0.15) is 0 Å². The lowest BCUT2D eigenvalue weighted by atomic mass is 10.1. The summed E-state index contributed by atoms with van der Waals surface area (Å²) in [6.45, 7) is 3.07. The Balaban J connectivity index is 1.90. The first-order valence-corrected chi connectivity index (χ1v) is 7.44. The molecule has 0 aliphatic heterocycles. The van der Waals surface area contributed by atoms with Crippen LogP contribution in [0.2, 0.25) is 0 Å². The third-order valence-electron chi connectivity index (χ3n) is 2.78. The fraction of sp³-hybridized carbons (Fsp3) is 0.286. The van der Waals surface area contributed by atoms with Gasteiger partial charge < -0.3 is 16.4 Å². The predicted molar refractivity (Wildman–Crippen MR) is 83.1 cm³/mol. The molecular formula is C14H17FN4OS. The molecule has 0 saturated heterocycles. The lowest BCUT2D eigenvalue weighted by Crippen LogP contribution is -2.25. The van der Waals surface area contributed by atoms with Crippen molar-refractivity contribution < 1.29 is 9.18 Å². The van der Waals surface area contributed by atoms with Crippen molar-refractivity contribution in [2.24, 2.45) is 0 Å². The summed E-state index contributed by atoms with van der Waals surface area (Å²) < 4.78 is 13.0. The molecule has 2 rings (SSSR count). The Kier molecular flexibility index (Phi) is 5.10. The molecule has 7 heteroatoms. The van der Waals surface area contributed by atoms with E-state index in [2.05, 4.69) is 15.6 Å². The number of benzene rings is 1. The van der Waals surface area contributed by atoms with E-state index in [-0.39, 0.29) is 17.5 Å². The van der Waals surface area contributed by atoms with Gasteiger partial charge in [0.1, 0.15) is 16.5 Å². The molecule has 5 nitrogen and oxygen atoms in total. The third kappa shape index (κ3) is 4.16. The summed E-state index contributed by atoms with van der Waals surface area (Å²) in [5.41, 5.74) is 6.56. The maximum absolute atomic E-state index is 13.0. The van der Waals surface area contributed by atoms with E-state index in [0.717, 1.165) is 5.56 Å². The second-order valence-electron chi connectivity index (χ2n) is 4.40. The van der Waals surface area contributed by atoms with Crippen LogP contribution in [0.1, 0.15) is 22.2 Å². The average molecular weight is 308 g/mol. The van der Waals surface area contributed by atoms with Crippen molar-refractivity contribution in [3.63, 3.8) is 0 Å². The molecular weight excluding hydrogens is 291 g/mol. The van der Waals surface area contributed by atoms with Gasteiger partial charge in [-0.15, -0.1) is 0 Å². The molecule has 21 heavy (non-hydrogen) atoms. The normalized spacial score (nSPS) is 10.4. The van der Waals surface area contributed by atoms with Crippen molar-refractivity contribution in [2.45, 2.75) is 13.3 Å². The number of aromatic nitrogens is 1. The summed E-state index contributed by atoms with van der Waals surface area (Å²) in [6.07, 6.45) is 0.558. The molecule has 4 N–H and O–H groups in total. The fourth-order valence-corrected chi connectivity index (χ4v) is 2.68. The molecule has 2 aromatic rings. The minimum Gasteiger partial charge on any atom is -0.382 e. The van der Waals surface area contributed by atoms with Crippen LogP contribution < -0.4 is 16.4 Å². The van der Waals surface area contributed by atoms with Crippen LogP contribution in [0.25, 0.3) is 0 Å². The van der Waals surface area contributed by atoms with E-state index in [4.69, 9.17) is 5.73 Å². The van der Waals surface area contributed by atoms with E-state index in [1.807, 2.05) is 13.0 Å². The zero-order chi connectivity index (χ0) is 15.2. The third-order valence-corrected chi connectivity index (χ3v) is 3.80. The number of hydrogen-bond acceptors (Lipinski definition) is 5. The SMILES string of the molecule is CCNc1nc(N)c(C(=O)NCCc2cccc(F)c2)s1. The lowest BCUT2D eigenvalue weighted by Gasteiger charge is -2.04. The summed E-state index contributed by atoms with van der Waals surface area (Å²) in [5, 5.41) is 6.41. The number of carbonyl (C=O) groups is 1. The van der Waals surface area contributed by atoms with Crippen LogP contribution in [-0.2, 0) is 6.42 Å². The molecule has 0 fully saturated rings. The van der Waals surface area contributed by atoms with E-state index in [1.54, 1.807) is 6.07 Å². The Bertz CT molecular complexity index is 629. The fourth-order valence-electron chi connectivity index (χ4n) is 1.81. The van der Waals surface area contributed by atoms with Crippen LogP contribution >= 0.6 is 11.3 Å². The first kappa shape index (κ1) is 15.2. The molecule has 1 aromatic carbocycles. The highest BCUT2D eigenvalue weighted by atomic mass is 32.1. The first-order valence-electron chi connectivity index (χ1n) is 6.63. The van der Waals surface area contributed by atoms with E-state index >= 15 is 0 Å². The highest BCUT2D eigenvalue weighted by Gasteiger charge is 2.15. The summed E-state index contributed by atoms with van der Waals surface area (Å²) >= 11 is 1.22. The molecule has 0 atom stereocenters. The standard InChI is InChI=1S/C14H17FN4OS/c1-2-17-14-19-12(16)11(21-14)13(20)18-7-6-9-4-3-5-10(15)8-9/h3-5,8H,2,6-7,16H2,1H3,(H,17,19)(H,18,20). The van der Waals surface area contributed by atoms with Gasteiger partial charge in [-0.25, -0.2) is 9.37 Å². The van der Waals surface area contributed by atoms with Gasteiger partial charge in [0.15, 0.2) is 5.13 Å². The lowest BCUT2D eigenvalue weighted by molar-refractivity contribution is 0.0959. The van der Waals surface area contributed by atoms with Crippen LogP contribution in [0, 0.1) is 5.82 Å². The van der Waals surface area contributed by atoms with Gasteiger partial charge in [0.25, 0.3) is 5.91 Å². The molecule has 0 unspecified atom stereocenters. The zero-order valence-electron chi connectivity index (χ0n) is 11.6. The Labute approximate surface area is 126 Å². The number of nitrogens with one attached hydrogen (secondary N) is 2. The predicted octanol–water partition coefficient (Wildman–Crippen LogP) is 2.27. The van der Waals surface area contributed by atoms with Gasteiger partial charge in [-0.3, -0.25) is 4.79 Å². The Morgan fingerprint density at radius 1 is 1.48 bits per heavy atom. The van der Waals surface area contributed by atoms with Crippen molar-refractivity contribution >= 4 is 28.2 Å². The van der Waals surface area contributed by atoms with Crippen LogP contribution in [0.4, 0.5) is 15.3 Å². The molecule has 0 spiro atoms. The van der Waals surface area contributed by atoms with Crippen LogP contribution in [0.3, 0.4) is 0 Å². The molecule has 0 aliphatic carbocycles. The van der Waals surface area contributed by atoms with Crippen molar-refractivity contribution in [3.8, 4) is 0 Å². The van der Waals surface area contributed by atoms with E-state index in [0.29, 0.717) is 29.5 Å². The van der Waals surface area contributed by atoms with Crippen molar-refractivity contribution in [1.82, 2.24) is 10.3 Å². The molecule has 1 heterocycles. The van der Waals surface area contributed by atoms with Gasteiger partial charge in [0.05, 0.1) is 0 Å². The summed E-state index contributed by atoms with van der Waals surface area (Å²) in [4.78, 5) is 16.5. The van der Waals surface area contributed by atoms with Crippen molar-refractivity contribution in [1.29, 1.82) is 0 Å².